The highest BCUT2D eigenvalue weighted by Gasteiger charge is 2.29. The van der Waals surface area contributed by atoms with Crippen LogP contribution in [0.1, 0.15) is 25.5 Å². The lowest BCUT2D eigenvalue weighted by Crippen LogP contribution is -2.27. The average Bonchev–Trinajstić information content (AvgIpc) is 3.22. The van der Waals surface area contributed by atoms with Crippen LogP contribution in [0.2, 0.25) is 0 Å². The van der Waals surface area contributed by atoms with Crippen molar-refractivity contribution in [1.29, 1.82) is 0 Å². The van der Waals surface area contributed by atoms with E-state index < -0.39 is 14.9 Å². The summed E-state index contributed by atoms with van der Waals surface area (Å²) in [5, 5.41) is 15.6. The zero-order valence-corrected chi connectivity index (χ0v) is 15.5. The van der Waals surface area contributed by atoms with Crippen LogP contribution in [0.4, 0.5) is 11.4 Å². The summed E-state index contributed by atoms with van der Waals surface area (Å²) >= 11 is 0. The predicted molar refractivity (Wildman–Crippen MR) is 101 cm³/mol. The number of anilines is 1. The van der Waals surface area contributed by atoms with Crippen molar-refractivity contribution >= 4 is 27.1 Å². The van der Waals surface area contributed by atoms with Gasteiger partial charge in [0, 0.05) is 25.4 Å². The summed E-state index contributed by atoms with van der Waals surface area (Å²) < 4.78 is 26.6. The van der Waals surface area contributed by atoms with E-state index in [-0.39, 0.29) is 16.3 Å². The monoisotopic (exact) mass is 389 g/mol. The van der Waals surface area contributed by atoms with E-state index in [2.05, 4.69) is 15.5 Å². The highest BCUT2D eigenvalue weighted by molar-refractivity contribution is 7.89. The van der Waals surface area contributed by atoms with Crippen molar-refractivity contribution < 1.29 is 13.3 Å². The number of nitrogens with zero attached hydrogens (tertiary/aromatic N) is 4. The molecule has 0 radical (unpaired) electrons. The maximum absolute atomic E-state index is 12.6. The lowest BCUT2D eigenvalue weighted by atomic mass is 10.2. The summed E-state index contributed by atoms with van der Waals surface area (Å²) in [5.74, 6) is 0. The number of benzene rings is 1. The molecular weight excluding hydrogens is 370 g/mol. The molecule has 2 aromatic rings. The molecule has 1 aromatic carbocycles. The Bertz CT molecular complexity index is 970. The molecule has 0 spiro atoms. The molecule has 3 rings (SSSR count). The summed E-state index contributed by atoms with van der Waals surface area (Å²) in [5.41, 5.74) is 3.56. The molecule has 0 aliphatic carbocycles. The number of nitrogens with one attached hydrogen (secondary N) is 1. The Balaban J connectivity index is 1.89. The van der Waals surface area contributed by atoms with Gasteiger partial charge in [0.25, 0.3) is 5.69 Å². The Kier molecular flexibility index (Phi) is 5.47. The topological polar surface area (TPSA) is 118 Å². The van der Waals surface area contributed by atoms with E-state index in [9.17, 15) is 18.5 Å². The second kappa shape index (κ2) is 7.80. The van der Waals surface area contributed by atoms with Gasteiger partial charge < -0.3 is 0 Å². The van der Waals surface area contributed by atoms with E-state index in [1.54, 1.807) is 25.3 Å². The largest absolute Gasteiger partial charge is 0.295 e. The zero-order chi connectivity index (χ0) is 19.4. The molecule has 0 unspecified atom stereocenters. The second-order valence-corrected chi connectivity index (χ2v) is 8.01. The number of hydrogen-bond acceptors (Lipinski definition) is 7. The normalized spacial score (nSPS) is 15.7. The Morgan fingerprint density at radius 3 is 2.63 bits per heavy atom. The molecule has 0 atom stereocenters. The molecule has 1 fully saturated rings. The number of pyridine rings is 1. The van der Waals surface area contributed by atoms with Gasteiger partial charge in [0.1, 0.15) is 5.69 Å². The van der Waals surface area contributed by atoms with Crippen LogP contribution in [0.25, 0.3) is 0 Å². The van der Waals surface area contributed by atoms with Gasteiger partial charge >= 0.3 is 0 Å². The van der Waals surface area contributed by atoms with Crippen LogP contribution in [0.15, 0.2) is 52.6 Å². The highest BCUT2D eigenvalue weighted by Crippen LogP contribution is 2.30. The molecule has 1 aliphatic rings. The van der Waals surface area contributed by atoms with Gasteiger partial charge in [-0.25, -0.2) is 8.42 Å². The third kappa shape index (κ3) is 4.12. The van der Waals surface area contributed by atoms with E-state index in [1.165, 1.54) is 16.4 Å². The third-order valence-electron chi connectivity index (χ3n) is 4.25. The lowest BCUT2D eigenvalue weighted by Gasteiger charge is -2.15. The van der Waals surface area contributed by atoms with Crippen LogP contribution < -0.4 is 5.43 Å². The molecule has 1 aliphatic heterocycles. The number of hydrazone groups is 1. The van der Waals surface area contributed by atoms with Crippen LogP contribution in [-0.2, 0) is 10.0 Å². The molecule has 0 bridgehead atoms. The van der Waals surface area contributed by atoms with Gasteiger partial charge in [-0.2, -0.15) is 9.41 Å². The summed E-state index contributed by atoms with van der Waals surface area (Å²) in [6, 6.07) is 9.13. The zero-order valence-electron chi connectivity index (χ0n) is 14.7. The first-order valence-electron chi connectivity index (χ1n) is 8.40. The lowest BCUT2D eigenvalue weighted by molar-refractivity contribution is -0.384. The number of nitro groups is 1. The van der Waals surface area contributed by atoms with E-state index in [4.69, 9.17) is 0 Å². The third-order valence-corrected chi connectivity index (χ3v) is 6.14. The van der Waals surface area contributed by atoms with Crippen LogP contribution in [0, 0.1) is 10.1 Å². The van der Waals surface area contributed by atoms with Gasteiger partial charge in [-0.05, 0) is 44.0 Å². The number of nitro benzene ring substituents is 1. The minimum atomic E-state index is -3.73. The van der Waals surface area contributed by atoms with Crippen molar-refractivity contribution in [2.45, 2.75) is 24.7 Å². The highest BCUT2D eigenvalue weighted by atomic mass is 32.2. The van der Waals surface area contributed by atoms with Crippen LogP contribution in [-0.4, -0.2) is 41.4 Å². The number of aromatic nitrogens is 1. The molecule has 10 heteroatoms. The van der Waals surface area contributed by atoms with Crippen LogP contribution >= 0.6 is 0 Å². The molecule has 1 saturated heterocycles. The van der Waals surface area contributed by atoms with E-state index in [0.29, 0.717) is 24.5 Å². The predicted octanol–water partition coefficient (Wildman–Crippen LogP) is 2.61. The van der Waals surface area contributed by atoms with Crippen molar-refractivity contribution in [1.82, 2.24) is 9.29 Å². The second-order valence-electron chi connectivity index (χ2n) is 6.07. The summed E-state index contributed by atoms with van der Waals surface area (Å²) in [6.45, 7) is 2.58. The molecule has 27 heavy (non-hydrogen) atoms. The summed E-state index contributed by atoms with van der Waals surface area (Å²) in [7, 11) is -3.73. The standard InChI is InChI=1S/C17H19N5O4S/c1-13(15-6-2-3-9-18-15)19-20-16-8-7-14(12-17(16)22(23)24)27(25,26)21-10-4-5-11-21/h2-3,6-9,12,20H,4-5,10-11H2,1H3/b19-13+. The fourth-order valence-electron chi connectivity index (χ4n) is 2.77. The van der Waals surface area contributed by atoms with Gasteiger partial charge in [0.05, 0.1) is 21.2 Å². The maximum atomic E-state index is 12.6. The molecule has 0 saturated carbocycles. The van der Waals surface area contributed by atoms with Gasteiger partial charge in [0.15, 0.2) is 0 Å². The fraction of sp³-hybridized carbons (Fsp3) is 0.294. The Hall–Kier alpha value is -2.85. The molecule has 2 heterocycles. The fourth-order valence-corrected chi connectivity index (χ4v) is 4.31. The minimum absolute atomic E-state index is 0.0907. The first-order chi connectivity index (χ1) is 12.9. The average molecular weight is 389 g/mol. The molecular formula is C17H19N5O4S. The number of rotatable bonds is 6. The smallest absolute Gasteiger partial charge is 0.271 e. The molecule has 142 valence electrons. The van der Waals surface area contributed by atoms with Crippen molar-refractivity contribution in [3.8, 4) is 0 Å². The van der Waals surface area contributed by atoms with E-state index in [0.717, 1.165) is 18.9 Å². The van der Waals surface area contributed by atoms with Crippen LogP contribution in [0.3, 0.4) is 0 Å². The van der Waals surface area contributed by atoms with Gasteiger partial charge in [-0.1, -0.05) is 6.07 Å². The first-order valence-corrected chi connectivity index (χ1v) is 9.84. The molecule has 9 nitrogen and oxygen atoms in total. The Morgan fingerprint density at radius 2 is 2.00 bits per heavy atom. The molecule has 1 N–H and O–H groups in total. The number of sulfonamides is 1. The van der Waals surface area contributed by atoms with E-state index >= 15 is 0 Å². The van der Waals surface area contributed by atoms with Crippen molar-refractivity contribution in [2.75, 3.05) is 18.5 Å². The van der Waals surface area contributed by atoms with Crippen LogP contribution in [0.5, 0.6) is 0 Å². The van der Waals surface area contributed by atoms with E-state index in [1.807, 2.05) is 6.07 Å². The number of hydrogen-bond donors (Lipinski definition) is 1. The maximum Gasteiger partial charge on any atom is 0.295 e. The van der Waals surface area contributed by atoms with Gasteiger partial charge in [-0.15, -0.1) is 0 Å². The Labute approximate surface area is 156 Å². The molecule has 0 amide bonds. The van der Waals surface area contributed by atoms with Crippen molar-refractivity contribution in [3.05, 3.63) is 58.4 Å². The SMILES string of the molecule is C/C(=N\Nc1ccc(S(=O)(=O)N2CCCC2)cc1[N+](=O)[O-])c1ccccn1. The Morgan fingerprint density at radius 1 is 1.26 bits per heavy atom. The van der Waals surface area contributed by atoms with Gasteiger partial charge in [-0.3, -0.25) is 20.5 Å². The van der Waals surface area contributed by atoms with Gasteiger partial charge in [0.2, 0.25) is 10.0 Å². The van der Waals surface area contributed by atoms with Crippen molar-refractivity contribution in [2.24, 2.45) is 5.10 Å². The first kappa shape index (κ1) is 18.9. The minimum Gasteiger partial charge on any atom is -0.271 e. The summed E-state index contributed by atoms with van der Waals surface area (Å²) in [4.78, 5) is 14.9. The quantitative estimate of drug-likeness (QED) is 0.461. The summed E-state index contributed by atoms with van der Waals surface area (Å²) in [6.07, 6.45) is 3.21. The van der Waals surface area contributed by atoms with Crippen molar-refractivity contribution in [3.63, 3.8) is 0 Å². The molecule has 1 aromatic heterocycles.